The van der Waals surface area contributed by atoms with Crippen molar-refractivity contribution in [2.75, 3.05) is 26.2 Å². The van der Waals surface area contributed by atoms with Crippen LogP contribution in [0.3, 0.4) is 0 Å². The Bertz CT molecular complexity index is 758. The summed E-state index contributed by atoms with van der Waals surface area (Å²) >= 11 is 0. The Kier molecular flexibility index (Phi) is 6.00. The predicted molar refractivity (Wildman–Crippen MR) is 98.9 cm³/mol. The van der Waals surface area contributed by atoms with Gasteiger partial charge in [-0.25, -0.2) is 4.68 Å². The number of aliphatic hydroxyl groups is 1. The zero-order chi connectivity index (χ0) is 18.5. The van der Waals surface area contributed by atoms with Crippen LogP contribution < -0.4 is 5.32 Å². The molecular formula is C19H27N5O2. The lowest BCUT2D eigenvalue weighted by molar-refractivity contribution is 0.0939. The van der Waals surface area contributed by atoms with Gasteiger partial charge in [-0.15, -0.1) is 5.10 Å². The number of aliphatic hydroxyl groups excluding tert-OH is 1. The summed E-state index contributed by atoms with van der Waals surface area (Å²) in [5, 5.41) is 19.5. The number of benzene rings is 1. The van der Waals surface area contributed by atoms with E-state index >= 15 is 0 Å². The highest BCUT2D eigenvalue weighted by atomic mass is 16.3. The second-order valence-corrected chi connectivity index (χ2v) is 7.02. The lowest BCUT2D eigenvalue weighted by Gasteiger charge is -2.33. The fourth-order valence-electron chi connectivity index (χ4n) is 3.42. The summed E-state index contributed by atoms with van der Waals surface area (Å²) in [5.41, 5.74) is 4.27. The summed E-state index contributed by atoms with van der Waals surface area (Å²) in [6.45, 7) is 7.32. The molecule has 1 aromatic heterocycles. The number of nitrogens with one attached hydrogen (secondary N) is 1. The van der Waals surface area contributed by atoms with E-state index in [1.165, 1.54) is 16.7 Å². The van der Waals surface area contributed by atoms with Crippen LogP contribution in [0.5, 0.6) is 0 Å². The monoisotopic (exact) mass is 357 g/mol. The molecule has 1 fully saturated rings. The summed E-state index contributed by atoms with van der Waals surface area (Å²) in [5.74, 6) is -0.298. The minimum absolute atomic E-state index is 0.0875. The number of aryl methyl sites for hydroxylation is 2. The average molecular weight is 357 g/mol. The molecule has 3 rings (SSSR count). The summed E-state index contributed by atoms with van der Waals surface area (Å²) in [4.78, 5) is 14.4. The zero-order valence-corrected chi connectivity index (χ0v) is 15.5. The third-order valence-corrected chi connectivity index (χ3v) is 4.89. The molecule has 0 unspecified atom stereocenters. The van der Waals surface area contributed by atoms with Crippen molar-refractivity contribution >= 4 is 5.91 Å². The normalized spacial score (nSPS) is 18.0. The van der Waals surface area contributed by atoms with Crippen molar-refractivity contribution in [3.05, 3.63) is 46.8 Å². The molecule has 26 heavy (non-hydrogen) atoms. The summed E-state index contributed by atoms with van der Waals surface area (Å²) in [6, 6.07) is 6.82. The van der Waals surface area contributed by atoms with Crippen LogP contribution in [-0.2, 0) is 6.54 Å². The molecule has 1 atom stereocenters. The number of amides is 1. The molecular weight excluding hydrogens is 330 g/mol. The van der Waals surface area contributed by atoms with Crippen molar-refractivity contribution in [2.45, 2.75) is 39.3 Å². The molecule has 0 bridgehead atoms. The van der Waals surface area contributed by atoms with E-state index in [1.54, 1.807) is 6.20 Å². The number of carbonyl (C=O) groups is 1. The Morgan fingerprint density at radius 3 is 3.04 bits per heavy atom. The molecule has 1 amide bonds. The SMILES string of the molecule is Cc1ccc(C)c(CN2CCC[C@@H](n3cc(C(=O)NCCO)nn3)C2)c1. The molecule has 0 spiro atoms. The van der Waals surface area contributed by atoms with E-state index in [-0.39, 0.29) is 25.1 Å². The van der Waals surface area contributed by atoms with E-state index in [1.807, 2.05) is 4.68 Å². The second-order valence-electron chi connectivity index (χ2n) is 7.02. The van der Waals surface area contributed by atoms with Crippen LogP contribution in [0.2, 0.25) is 0 Å². The van der Waals surface area contributed by atoms with Gasteiger partial charge in [-0.2, -0.15) is 0 Å². The number of likely N-dealkylation sites (tertiary alicyclic amines) is 1. The molecule has 2 N–H and O–H groups in total. The highest BCUT2D eigenvalue weighted by Gasteiger charge is 2.23. The van der Waals surface area contributed by atoms with Gasteiger partial charge in [-0.3, -0.25) is 9.69 Å². The van der Waals surface area contributed by atoms with E-state index in [9.17, 15) is 4.79 Å². The smallest absolute Gasteiger partial charge is 0.273 e. The number of carbonyl (C=O) groups excluding carboxylic acids is 1. The second kappa shape index (κ2) is 8.42. The maximum Gasteiger partial charge on any atom is 0.273 e. The first kappa shape index (κ1) is 18.5. The Morgan fingerprint density at radius 1 is 1.38 bits per heavy atom. The lowest BCUT2D eigenvalue weighted by Crippen LogP contribution is -2.36. The molecule has 7 nitrogen and oxygen atoms in total. The van der Waals surface area contributed by atoms with Gasteiger partial charge >= 0.3 is 0 Å². The van der Waals surface area contributed by atoms with Gasteiger partial charge in [0.2, 0.25) is 0 Å². The molecule has 0 saturated carbocycles. The van der Waals surface area contributed by atoms with Gasteiger partial charge in [0, 0.05) is 19.6 Å². The maximum atomic E-state index is 11.9. The van der Waals surface area contributed by atoms with Gasteiger partial charge in [-0.05, 0) is 44.4 Å². The molecule has 7 heteroatoms. The number of hydrogen-bond donors (Lipinski definition) is 2. The quantitative estimate of drug-likeness (QED) is 0.818. The lowest BCUT2D eigenvalue weighted by atomic mass is 10.0. The largest absolute Gasteiger partial charge is 0.395 e. The molecule has 1 saturated heterocycles. The fourth-order valence-corrected chi connectivity index (χ4v) is 3.42. The molecule has 140 valence electrons. The van der Waals surface area contributed by atoms with Crippen molar-refractivity contribution in [2.24, 2.45) is 0 Å². The van der Waals surface area contributed by atoms with E-state index in [2.05, 4.69) is 52.6 Å². The Morgan fingerprint density at radius 2 is 2.23 bits per heavy atom. The number of nitrogens with zero attached hydrogens (tertiary/aromatic N) is 4. The van der Waals surface area contributed by atoms with Gasteiger partial charge in [-0.1, -0.05) is 29.0 Å². The average Bonchev–Trinajstić information content (AvgIpc) is 3.13. The van der Waals surface area contributed by atoms with Crippen molar-refractivity contribution in [3.63, 3.8) is 0 Å². The van der Waals surface area contributed by atoms with E-state index < -0.39 is 0 Å². The van der Waals surface area contributed by atoms with Crippen molar-refractivity contribution < 1.29 is 9.90 Å². The standard InChI is InChI=1S/C19H27N5O2/c1-14-5-6-15(2)16(10-14)11-23-8-3-4-17(12-23)24-13-18(21-22-24)19(26)20-7-9-25/h5-6,10,13,17,25H,3-4,7-9,11-12H2,1-2H3,(H,20,26)/t17-/m1/s1. The number of piperidine rings is 1. The first-order chi connectivity index (χ1) is 12.6. The molecule has 1 aromatic carbocycles. The summed E-state index contributed by atoms with van der Waals surface area (Å²) in [7, 11) is 0. The van der Waals surface area contributed by atoms with Crippen molar-refractivity contribution in [3.8, 4) is 0 Å². The van der Waals surface area contributed by atoms with Crippen LogP contribution >= 0.6 is 0 Å². The summed E-state index contributed by atoms with van der Waals surface area (Å²) in [6.07, 6.45) is 3.84. The topological polar surface area (TPSA) is 83.3 Å². The molecule has 1 aliphatic rings. The summed E-state index contributed by atoms with van der Waals surface area (Å²) < 4.78 is 1.81. The Balaban J connectivity index is 1.64. The third kappa shape index (κ3) is 4.47. The number of hydrogen-bond acceptors (Lipinski definition) is 5. The van der Waals surface area contributed by atoms with E-state index in [0.717, 1.165) is 32.5 Å². The van der Waals surface area contributed by atoms with Crippen LogP contribution in [0.1, 0.15) is 46.1 Å². The highest BCUT2D eigenvalue weighted by molar-refractivity contribution is 5.91. The van der Waals surface area contributed by atoms with E-state index in [0.29, 0.717) is 5.69 Å². The molecule has 0 radical (unpaired) electrons. The van der Waals surface area contributed by atoms with Crippen molar-refractivity contribution in [1.29, 1.82) is 0 Å². The predicted octanol–water partition coefficient (Wildman–Crippen LogP) is 1.45. The van der Waals surface area contributed by atoms with Crippen LogP contribution in [0.4, 0.5) is 0 Å². The maximum absolute atomic E-state index is 11.9. The fraction of sp³-hybridized carbons (Fsp3) is 0.526. The van der Waals surface area contributed by atoms with Gasteiger partial charge in [0.05, 0.1) is 18.8 Å². The van der Waals surface area contributed by atoms with Gasteiger partial charge in [0.15, 0.2) is 5.69 Å². The number of aromatic nitrogens is 3. The Hall–Kier alpha value is -2.25. The first-order valence-electron chi connectivity index (χ1n) is 9.16. The molecule has 2 aromatic rings. The molecule has 0 aliphatic carbocycles. The molecule has 1 aliphatic heterocycles. The highest BCUT2D eigenvalue weighted by Crippen LogP contribution is 2.23. The van der Waals surface area contributed by atoms with Crippen molar-refractivity contribution in [1.82, 2.24) is 25.2 Å². The van der Waals surface area contributed by atoms with Crippen LogP contribution in [0.15, 0.2) is 24.4 Å². The third-order valence-electron chi connectivity index (χ3n) is 4.89. The van der Waals surface area contributed by atoms with Gasteiger partial charge < -0.3 is 10.4 Å². The van der Waals surface area contributed by atoms with E-state index in [4.69, 9.17) is 5.11 Å². The molecule has 2 heterocycles. The Labute approximate surface area is 154 Å². The number of rotatable bonds is 6. The van der Waals surface area contributed by atoms with Gasteiger partial charge in [0.25, 0.3) is 5.91 Å². The van der Waals surface area contributed by atoms with Gasteiger partial charge in [0.1, 0.15) is 0 Å². The minimum Gasteiger partial charge on any atom is -0.395 e. The van der Waals surface area contributed by atoms with Crippen LogP contribution in [-0.4, -0.2) is 57.1 Å². The van der Waals surface area contributed by atoms with Crippen LogP contribution in [0, 0.1) is 13.8 Å². The first-order valence-corrected chi connectivity index (χ1v) is 9.16. The van der Waals surface area contributed by atoms with Crippen LogP contribution in [0.25, 0.3) is 0 Å². The zero-order valence-electron chi connectivity index (χ0n) is 15.5. The minimum atomic E-state index is -0.298.